The van der Waals surface area contributed by atoms with Gasteiger partial charge in [0.25, 0.3) is 0 Å². The van der Waals surface area contributed by atoms with Crippen molar-refractivity contribution in [1.82, 2.24) is 0 Å². The molecule has 3 unspecified atom stereocenters. The molecule has 0 bridgehead atoms. The zero-order chi connectivity index (χ0) is 7.90. The van der Waals surface area contributed by atoms with E-state index in [4.69, 9.17) is 4.74 Å². The summed E-state index contributed by atoms with van der Waals surface area (Å²) in [5.41, 5.74) is -0.918. The fourth-order valence-corrected chi connectivity index (χ4v) is 1.87. The Morgan fingerprint density at radius 1 is 1.36 bits per heavy atom. The lowest BCUT2D eigenvalue weighted by atomic mass is 9.80. The summed E-state index contributed by atoms with van der Waals surface area (Å²) in [6.45, 7) is 0.619. The van der Waals surface area contributed by atoms with Gasteiger partial charge in [-0.05, 0) is 12.8 Å². The molecule has 64 valence electrons. The number of hydrogen-bond acceptors (Lipinski definition) is 3. The molecule has 0 aromatic carbocycles. The maximum absolute atomic E-state index is 9.90. The molecule has 1 saturated heterocycles. The standard InChI is InChI=1S/C8H14O3/c9-6-3-1-2-4-8(6,10)7-5-11-7/h6-7,9-10H,1-5H2. The molecule has 0 aromatic rings. The molecule has 3 atom stereocenters. The second-order valence-electron chi connectivity index (χ2n) is 3.57. The van der Waals surface area contributed by atoms with Crippen LogP contribution in [0.15, 0.2) is 0 Å². The van der Waals surface area contributed by atoms with Gasteiger partial charge in [-0.15, -0.1) is 0 Å². The molecule has 2 rings (SSSR count). The van der Waals surface area contributed by atoms with E-state index in [0.717, 1.165) is 19.3 Å². The maximum Gasteiger partial charge on any atom is 0.119 e. The van der Waals surface area contributed by atoms with Crippen LogP contribution >= 0.6 is 0 Å². The molecule has 2 N–H and O–H groups in total. The predicted octanol–water partition coefficient (Wildman–Crippen LogP) is 0.0512. The van der Waals surface area contributed by atoms with E-state index in [1.54, 1.807) is 0 Å². The van der Waals surface area contributed by atoms with Gasteiger partial charge in [-0.25, -0.2) is 0 Å². The lowest BCUT2D eigenvalue weighted by Crippen LogP contribution is -2.49. The monoisotopic (exact) mass is 158 g/mol. The second-order valence-corrected chi connectivity index (χ2v) is 3.57. The van der Waals surface area contributed by atoms with Gasteiger partial charge in [0.05, 0.1) is 12.7 Å². The van der Waals surface area contributed by atoms with Crippen LogP contribution in [0.4, 0.5) is 0 Å². The molecule has 0 spiro atoms. The smallest absolute Gasteiger partial charge is 0.119 e. The first kappa shape index (κ1) is 7.53. The van der Waals surface area contributed by atoms with E-state index < -0.39 is 11.7 Å². The third-order valence-electron chi connectivity index (χ3n) is 2.77. The molecule has 2 aliphatic rings. The summed E-state index contributed by atoms with van der Waals surface area (Å²) in [6, 6.07) is 0. The van der Waals surface area contributed by atoms with Crippen molar-refractivity contribution in [3.8, 4) is 0 Å². The Hall–Kier alpha value is -0.120. The summed E-state index contributed by atoms with van der Waals surface area (Å²) in [7, 11) is 0. The van der Waals surface area contributed by atoms with E-state index in [2.05, 4.69) is 0 Å². The fraction of sp³-hybridized carbons (Fsp3) is 1.00. The summed E-state index contributed by atoms with van der Waals surface area (Å²) in [5.74, 6) is 0. The van der Waals surface area contributed by atoms with Crippen LogP contribution in [0.2, 0.25) is 0 Å². The van der Waals surface area contributed by atoms with Crippen LogP contribution in [0.25, 0.3) is 0 Å². The van der Waals surface area contributed by atoms with Crippen LogP contribution in [0.5, 0.6) is 0 Å². The Labute approximate surface area is 66.0 Å². The molecule has 0 aromatic heterocycles. The van der Waals surface area contributed by atoms with E-state index >= 15 is 0 Å². The summed E-state index contributed by atoms with van der Waals surface area (Å²) < 4.78 is 5.01. The molecule has 0 radical (unpaired) electrons. The van der Waals surface area contributed by atoms with Crippen molar-refractivity contribution in [2.75, 3.05) is 6.61 Å². The molecular weight excluding hydrogens is 144 g/mol. The van der Waals surface area contributed by atoms with Gasteiger partial charge >= 0.3 is 0 Å². The van der Waals surface area contributed by atoms with Gasteiger partial charge in [0.2, 0.25) is 0 Å². The van der Waals surface area contributed by atoms with Gasteiger partial charge in [0.1, 0.15) is 11.7 Å². The van der Waals surface area contributed by atoms with Gasteiger partial charge in [-0.1, -0.05) is 12.8 Å². The third-order valence-corrected chi connectivity index (χ3v) is 2.77. The summed E-state index contributed by atoms with van der Waals surface area (Å²) >= 11 is 0. The first-order valence-electron chi connectivity index (χ1n) is 4.25. The number of rotatable bonds is 1. The minimum Gasteiger partial charge on any atom is -0.390 e. The maximum atomic E-state index is 9.90. The molecule has 2 fully saturated rings. The van der Waals surface area contributed by atoms with E-state index in [0.29, 0.717) is 13.0 Å². The van der Waals surface area contributed by atoms with Crippen molar-refractivity contribution in [3.05, 3.63) is 0 Å². The third kappa shape index (κ3) is 1.17. The van der Waals surface area contributed by atoms with Gasteiger partial charge in [-0.2, -0.15) is 0 Å². The van der Waals surface area contributed by atoms with Crippen LogP contribution in [0.1, 0.15) is 25.7 Å². The van der Waals surface area contributed by atoms with Crippen molar-refractivity contribution in [2.24, 2.45) is 0 Å². The molecule has 11 heavy (non-hydrogen) atoms. The molecule has 3 nitrogen and oxygen atoms in total. The number of aliphatic hydroxyl groups excluding tert-OH is 1. The summed E-state index contributed by atoms with van der Waals surface area (Å²) in [6.07, 6.45) is 2.79. The zero-order valence-electron chi connectivity index (χ0n) is 6.49. The quantitative estimate of drug-likeness (QED) is 0.530. The van der Waals surface area contributed by atoms with Crippen LogP contribution in [0, 0.1) is 0 Å². The van der Waals surface area contributed by atoms with E-state index in [-0.39, 0.29) is 6.10 Å². The van der Waals surface area contributed by atoms with Crippen LogP contribution in [0.3, 0.4) is 0 Å². The summed E-state index contributed by atoms with van der Waals surface area (Å²) in [4.78, 5) is 0. The van der Waals surface area contributed by atoms with Crippen molar-refractivity contribution in [3.63, 3.8) is 0 Å². The molecule has 1 aliphatic carbocycles. The van der Waals surface area contributed by atoms with Crippen molar-refractivity contribution >= 4 is 0 Å². The Balaban J connectivity index is 2.06. The highest BCUT2D eigenvalue weighted by molar-refractivity contribution is 5.01. The Morgan fingerprint density at radius 3 is 2.64 bits per heavy atom. The average molecular weight is 158 g/mol. The topological polar surface area (TPSA) is 53.0 Å². The van der Waals surface area contributed by atoms with Gasteiger partial charge in [-0.3, -0.25) is 0 Å². The van der Waals surface area contributed by atoms with Gasteiger partial charge in [0.15, 0.2) is 0 Å². The molecule has 1 saturated carbocycles. The molecule has 1 aliphatic heterocycles. The normalized spacial score (nSPS) is 50.7. The Morgan fingerprint density at radius 2 is 2.09 bits per heavy atom. The SMILES string of the molecule is OC1CCCCC1(O)C1CO1. The van der Waals surface area contributed by atoms with Crippen molar-refractivity contribution < 1.29 is 14.9 Å². The number of ether oxygens (including phenoxy) is 1. The van der Waals surface area contributed by atoms with Gasteiger partial charge < -0.3 is 14.9 Å². The van der Waals surface area contributed by atoms with E-state index in [9.17, 15) is 10.2 Å². The minimum atomic E-state index is -0.918. The number of hydrogen-bond donors (Lipinski definition) is 2. The molecule has 1 heterocycles. The minimum absolute atomic E-state index is 0.0854. The lowest BCUT2D eigenvalue weighted by molar-refractivity contribution is -0.114. The van der Waals surface area contributed by atoms with E-state index in [1.165, 1.54) is 0 Å². The van der Waals surface area contributed by atoms with Crippen molar-refractivity contribution in [1.29, 1.82) is 0 Å². The number of aliphatic hydroxyl groups is 2. The molecule has 3 heteroatoms. The Bertz CT molecular complexity index is 155. The van der Waals surface area contributed by atoms with Crippen molar-refractivity contribution in [2.45, 2.75) is 43.5 Å². The number of epoxide rings is 1. The van der Waals surface area contributed by atoms with Crippen LogP contribution in [-0.4, -0.2) is 34.6 Å². The Kier molecular flexibility index (Phi) is 1.67. The van der Waals surface area contributed by atoms with Gasteiger partial charge in [0, 0.05) is 0 Å². The van der Waals surface area contributed by atoms with Crippen LogP contribution < -0.4 is 0 Å². The van der Waals surface area contributed by atoms with E-state index in [1.807, 2.05) is 0 Å². The fourth-order valence-electron chi connectivity index (χ4n) is 1.87. The second kappa shape index (κ2) is 2.44. The highest BCUT2D eigenvalue weighted by Gasteiger charge is 2.51. The lowest BCUT2D eigenvalue weighted by Gasteiger charge is -2.35. The zero-order valence-corrected chi connectivity index (χ0v) is 6.49. The average Bonchev–Trinajstić information content (AvgIpc) is 2.77. The molecular formula is C8H14O3. The predicted molar refractivity (Wildman–Crippen MR) is 39.2 cm³/mol. The molecule has 0 amide bonds. The first-order valence-corrected chi connectivity index (χ1v) is 4.25. The highest BCUT2D eigenvalue weighted by atomic mass is 16.6. The van der Waals surface area contributed by atoms with Crippen LogP contribution in [-0.2, 0) is 4.74 Å². The summed E-state index contributed by atoms with van der Waals surface area (Å²) in [5, 5.41) is 19.4. The largest absolute Gasteiger partial charge is 0.390 e. The highest BCUT2D eigenvalue weighted by Crippen LogP contribution is 2.37. The first-order chi connectivity index (χ1) is 5.23.